The van der Waals surface area contributed by atoms with E-state index in [1.807, 2.05) is 0 Å². The topological polar surface area (TPSA) is 104 Å². The summed E-state index contributed by atoms with van der Waals surface area (Å²) in [7, 11) is -4.35. The van der Waals surface area contributed by atoms with E-state index in [4.69, 9.17) is 0 Å². The largest absolute Gasteiger partial charge is 0.387 e. The van der Waals surface area contributed by atoms with Crippen molar-refractivity contribution >= 4 is 16.0 Å². The Hall–Kier alpha value is -1.70. The Labute approximate surface area is 278 Å². The molecule has 2 unspecified atom stereocenters. The number of carbonyl (C=O) groups is 1. The first-order valence-electron chi connectivity index (χ1n) is 18.3. The summed E-state index contributed by atoms with van der Waals surface area (Å²) in [5.74, 6) is -1.03. The van der Waals surface area contributed by atoms with E-state index in [-0.39, 0.29) is 12.3 Å². The van der Waals surface area contributed by atoms with E-state index in [2.05, 4.69) is 55.6 Å². The third-order valence-electron chi connectivity index (χ3n) is 7.94. The number of aliphatic hydroxyl groups is 1. The van der Waals surface area contributed by atoms with Crippen LogP contribution in [0.4, 0.5) is 0 Å². The third kappa shape index (κ3) is 33.5. The molecule has 3 N–H and O–H groups in total. The maximum atomic E-state index is 12.4. The third-order valence-corrected chi connectivity index (χ3v) is 8.72. The highest BCUT2D eigenvalue weighted by Crippen LogP contribution is 2.12. The van der Waals surface area contributed by atoms with E-state index in [1.54, 1.807) is 6.08 Å². The summed E-state index contributed by atoms with van der Waals surface area (Å²) >= 11 is 0. The van der Waals surface area contributed by atoms with Crippen LogP contribution in [0.3, 0.4) is 0 Å². The first-order valence-corrected chi connectivity index (χ1v) is 19.9. The molecule has 0 spiro atoms. The lowest BCUT2D eigenvalue weighted by Crippen LogP contribution is -2.46. The second-order valence-corrected chi connectivity index (χ2v) is 14.0. The normalized spacial score (nSPS) is 14.0. The van der Waals surface area contributed by atoms with Crippen LogP contribution < -0.4 is 5.32 Å². The number of hydrogen-bond acceptors (Lipinski definition) is 4. The SMILES string of the molecule is CCC/C=C\CCCCCCCC(=O)NC(CS(=O)(=O)O)C(O)/C=C/CC/C=C/CC/C=C/CCCCCCCCCCCC. The summed E-state index contributed by atoms with van der Waals surface area (Å²) in [6.45, 7) is 4.43. The highest BCUT2D eigenvalue weighted by atomic mass is 32.2. The molecular weight excluding hydrogens is 582 g/mol. The Bertz CT molecular complexity index is 894. The number of hydrogen-bond donors (Lipinski definition) is 3. The summed E-state index contributed by atoms with van der Waals surface area (Å²) in [6, 6.07) is -1.08. The molecule has 0 saturated heterocycles. The van der Waals surface area contributed by atoms with Gasteiger partial charge in [0.05, 0.1) is 17.9 Å². The van der Waals surface area contributed by atoms with E-state index in [9.17, 15) is 22.9 Å². The van der Waals surface area contributed by atoms with Gasteiger partial charge in [-0.3, -0.25) is 9.35 Å². The Kier molecular flexibility index (Phi) is 31.0. The van der Waals surface area contributed by atoms with Crippen LogP contribution in [0.15, 0.2) is 48.6 Å². The van der Waals surface area contributed by atoms with Gasteiger partial charge in [0.25, 0.3) is 10.1 Å². The predicted molar refractivity (Wildman–Crippen MR) is 193 cm³/mol. The van der Waals surface area contributed by atoms with Gasteiger partial charge in [-0.25, -0.2) is 0 Å². The number of allylic oxidation sites excluding steroid dienone is 7. The van der Waals surface area contributed by atoms with E-state index in [0.717, 1.165) is 57.8 Å². The summed E-state index contributed by atoms with van der Waals surface area (Å²) in [5.41, 5.74) is 0. The molecule has 0 aliphatic heterocycles. The Balaban J connectivity index is 4.05. The zero-order valence-corrected chi connectivity index (χ0v) is 29.8. The quantitative estimate of drug-likeness (QED) is 0.0381. The molecule has 0 aliphatic carbocycles. The average Bonchev–Trinajstić information content (AvgIpc) is 3.00. The Morgan fingerprint density at radius 2 is 1.00 bits per heavy atom. The minimum atomic E-state index is -4.35. The smallest absolute Gasteiger partial charge is 0.267 e. The van der Waals surface area contributed by atoms with Crippen LogP contribution in [-0.4, -0.2) is 41.9 Å². The molecule has 0 bridgehead atoms. The van der Waals surface area contributed by atoms with Gasteiger partial charge < -0.3 is 10.4 Å². The Morgan fingerprint density at radius 1 is 0.578 bits per heavy atom. The number of unbranched alkanes of at least 4 members (excludes halogenated alkanes) is 18. The second-order valence-electron chi connectivity index (χ2n) is 12.5. The van der Waals surface area contributed by atoms with E-state index >= 15 is 0 Å². The highest BCUT2D eigenvalue weighted by Gasteiger charge is 2.24. The van der Waals surface area contributed by atoms with Crippen LogP contribution in [0.1, 0.15) is 168 Å². The molecule has 262 valence electrons. The molecule has 0 radical (unpaired) electrons. The van der Waals surface area contributed by atoms with Crippen LogP contribution >= 0.6 is 0 Å². The number of rotatable bonds is 32. The van der Waals surface area contributed by atoms with Crippen LogP contribution in [0.25, 0.3) is 0 Å². The molecule has 0 aromatic carbocycles. The van der Waals surface area contributed by atoms with Crippen molar-refractivity contribution in [3.8, 4) is 0 Å². The first-order chi connectivity index (χ1) is 21.8. The molecular formula is C38H69NO5S. The van der Waals surface area contributed by atoms with Gasteiger partial charge >= 0.3 is 0 Å². The molecule has 45 heavy (non-hydrogen) atoms. The van der Waals surface area contributed by atoms with Gasteiger partial charge in [0.15, 0.2) is 0 Å². The van der Waals surface area contributed by atoms with Crippen LogP contribution in [0, 0.1) is 0 Å². The van der Waals surface area contributed by atoms with E-state index < -0.39 is 28.0 Å². The molecule has 6 nitrogen and oxygen atoms in total. The standard InChI is InChI=1S/C38H69NO5S/c1-3-5-7-9-11-13-15-16-17-18-19-20-21-22-23-24-25-27-29-31-33-37(40)36(35-45(42,43)44)39-38(41)34-32-30-28-26-14-12-10-8-6-4-2/h8,10,20-21,24-25,31,33,36-37,40H,3-7,9,11-19,22-23,26-30,32,34-35H2,1-2H3,(H,39,41)(H,42,43,44)/b10-8-,21-20+,25-24+,33-31+. The average molecular weight is 652 g/mol. The van der Waals surface area contributed by atoms with E-state index in [0.29, 0.717) is 12.8 Å². The van der Waals surface area contributed by atoms with Gasteiger partial charge in [-0.1, -0.05) is 146 Å². The summed E-state index contributed by atoms with van der Waals surface area (Å²) < 4.78 is 32.3. The summed E-state index contributed by atoms with van der Waals surface area (Å²) in [4.78, 5) is 12.4. The molecule has 0 fully saturated rings. The highest BCUT2D eigenvalue weighted by molar-refractivity contribution is 7.85. The zero-order chi connectivity index (χ0) is 33.3. The van der Waals surface area contributed by atoms with Gasteiger partial charge in [-0.05, 0) is 64.2 Å². The van der Waals surface area contributed by atoms with Crippen molar-refractivity contribution in [2.24, 2.45) is 0 Å². The fourth-order valence-electron chi connectivity index (χ4n) is 5.19. The number of aliphatic hydroxyl groups excluding tert-OH is 1. The van der Waals surface area contributed by atoms with Gasteiger partial charge in [-0.15, -0.1) is 0 Å². The lowest BCUT2D eigenvalue weighted by Gasteiger charge is -2.21. The van der Waals surface area contributed by atoms with Crippen molar-refractivity contribution in [3.63, 3.8) is 0 Å². The number of carbonyl (C=O) groups excluding carboxylic acids is 1. The maximum absolute atomic E-state index is 12.4. The molecule has 0 aromatic rings. The molecule has 7 heteroatoms. The fraction of sp³-hybridized carbons (Fsp3) is 0.763. The zero-order valence-electron chi connectivity index (χ0n) is 29.0. The van der Waals surface area contributed by atoms with Gasteiger partial charge in [0, 0.05) is 6.42 Å². The van der Waals surface area contributed by atoms with Crippen LogP contribution in [0.5, 0.6) is 0 Å². The van der Waals surface area contributed by atoms with Crippen molar-refractivity contribution in [2.75, 3.05) is 5.75 Å². The molecule has 0 saturated carbocycles. The first kappa shape index (κ1) is 43.3. The molecule has 2 atom stereocenters. The van der Waals surface area contributed by atoms with E-state index in [1.165, 1.54) is 83.1 Å². The Morgan fingerprint density at radius 3 is 1.49 bits per heavy atom. The van der Waals surface area contributed by atoms with Gasteiger partial charge in [0.2, 0.25) is 5.91 Å². The molecule has 0 aromatic heterocycles. The van der Waals surface area contributed by atoms with Crippen molar-refractivity contribution < 1.29 is 22.9 Å². The summed E-state index contributed by atoms with van der Waals surface area (Å²) in [6.07, 6.45) is 42.5. The minimum absolute atomic E-state index is 0.272. The number of amides is 1. The molecule has 0 rings (SSSR count). The maximum Gasteiger partial charge on any atom is 0.267 e. The van der Waals surface area contributed by atoms with Crippen molar-refractivity contribution in [3.05, 3.63) is 48.6 Å². The summed E-state index contributed by atoms with van der Waals surface area (Å²) in [5, 5.41) is 13.1. The monoisotopic (exact) mass is 651 g/mol. The van der Waals surface area contributed by atoms with Gasteiger partial charge in [0.1, 0.15) is 0 Å². The molecule has 0 heterocycles. The number of nitrogens with one attached hydrogen (secondary N) is 1. The molecule has 1 amide bonds. The van der Waals surface area contributed by atoms with Crippen molar-refractivity contribution in [1.82, 2.24) is 5.32 Å². The van der Waals surface area contributed by atoms with Crippen LogP contribution in [-0.2, 0) is 14.9 Å². The lowest BCUT2D eigenvalue weighted by atomic mass is 10.1. The predicted octanol–water partition coefficient (Wildman–Crippen LogP) is 10.3. The van der Waals surface area contributed by atoms with Gasteiger partial charge in [-0.2, -0.15) is 8.42 Å². The fourth-order valence-corrected chi connectivity index (χ4v) is 5.92. The second kappa shape index (κ2) is 32.2. The molecule has 0 aliphatic rings. The van der Waals surface area contributed by atoms with Crippen LogP contribution in [0.2, 0.25) is 0 Å². The van der Waals surface area contributed by atoms with Crippen molar-refractivity contribution in [1.29, 1.82) is 0 Å². The minimum Gasteiger partial charge on any atom is -0.387 e. The van der Waals surface area contributed by atoms with Crippen molar-refractivity contribution in [2.45, 2.75) is 180 Å². The lowest BCUT2D eigenvalue weighted by molar-refractivity contribution is -0.122.